The summed E-state index contributed by atoms with van der Waals surface area (Å²) in [6, 6.07) is 16.8. The highest BCUT2D eigenvalue weighted by atomic mass is 32.2. The van der Waals surface area contributed by atoms with Crippen molar-refractivity contribution in [1.29, 1.82) is 0 Å². The first kappa shape index (κ1) is 21.1. The fraction of sp³-hybridized carbons (Fsp3) is 0.261. The molecule has 0 bridgehead atoms. The maximum atomic E-state index is 12.5. The van der Waals surface area contributed by atoms with E-state index in [0.717, 1.165) is 35.9 Å². The topological polar surface area (TPSA) is 99.2 Å². The monoisotopic (exact) mass is 436 g/mol. The fourth-order valence-electron chi connectivity index (χ4n) is 3.61. The number of thioether (sulfide) groups is 1. The van der Waals surface area contributed by atoms with Crippen LogP contribution in [-0.2, 0) is 16.1 Å². The van der Waals surface area contributed by atoms with Gasteiger partial charge in [-0.25, -0.2) is 4.98 Å². The molecule has 0 aliphatic carbocycles. The minimum Gasteiger partial charge on any atom is -0.376 e. The van der Waals surface area contributed by atoms with E-state index in [1.165, 1.54) is 11.8 Å². The normalized spacial score (nSPS) is 15.7. The molecule has 31 heavy (non-hydrogen) atoms. The molecule has 2 aromatic carbocycles. The van der Waals surface area contributed by atoms with Crippen LogP contribution in [0.4, 0.5) is 5.69 Å². The van der Waals surface area contributed by atoms with E-state index in [0.29, 0.717) is 12.2 Å². The van der Waals surface area contributed by atoms with E-state index in [2.05, 4.69) is 14.9 Å². The molecule has 1 aromatic heterocycles. The maximum Gasteiger partial charge on any atom is 0.250 e. The average Bonchev–Trinajstić information content (AvgIpc) is 3.43. The number of primary amides is 1. The number of hydrogen-bond donors (Lipinski definition) is 2. The fourth-order valence-corrected chi connectivity index (χ4v) is 4.39. The second-order valence-electron chi connectivity index (χ2n) is 7.28. The molecule has 3 aromatic rings. The Bertz CT molecular complexity index is 1060. The number of nitrogens with one attached hydrogen (secondary N) is 1. The van der Waals surface area contributed by atoms with Gasteiger partial charge in [0.15, 0.2) is 5.16 Å². The van der Waals surface area contributed by atoms with Crippen molar-refractivity contribution in [2.45, 2.75) is 30.6 Å². The van der Waals surface area contributed by atoms with Gasteiger partial charge in [-0.15, -0.1) is 0 Å². The Hall–Kier alpha value is -3.10. The number of rotatable bonds is 8. The summed E-state index contributed by atoms with van der Waals surface area (Å²) in [6.07, 6.45) is 4.06. The van der Waals surface area contributed by atoms with E-state index < -0.39 is 5.91 Å². The molecule has 3 N–H and O–H groups in total. The van der Waals surface area contributed by atoms with Crippen molar-refractivity contribution >= 4 is 29.3 Å². The molecular weight excluding hydrogens is 412 g/mol. The number of amides is 2. The van der Waals surface area contributed by atoms with Crippen molar-refractivity contribution in [3.8, 4) is 11.3 Å². The lowest BCUT2D eigenvalue weighted by Gasteiger charge is -2.16. The smallest absolute Gasteiger partial charge is 0.250 e. The zero-order valence-electron chi connectivity index (χ0n) is 17.0. The summed E-state index contributed by atoms with van der Waals surface area (Å²) >= 11 is 1.36. The predicted molar refractivity (Wildman–Crippen MR) is 121 cm³/mol. The molecule has 1 atom stereocenters. The molecule has 1 aliphatic rings. The molecule has 1 unspecified atom stereocenters. The summed E-state index contributed by atoms with van der Waals surface area (Å²) in [7, 11) is 0. The molecule has 2 amide bonds. The van der Waals surface area contributed by atoms with Crippen molar-refractivity contribution in [1.82, 2.24) is 9.55 Å². The van der Waals surface area contributed by atoms with Crippen LogP contribution in [0.15, 0.2) is 66.0 Å². The Labute approximate surface area is 185 Å². The Kier molecular flexibility index (Phi) is 6.69. The molecule has 2 heterocycles. The minimum atomic E-state index is -0.580. The lowest BCUT2D eigenvalue weighted by Crippen LogP contribution is -2.20. The quantitative estimate of drug-likeness (QED) is 0.526. The average molecular weight is 437 g/mol. The zero-order valence-corrected chi connectivity index (χ0v) is 17.8. The Morgan fingerprint density at radius 3 is 2.68 bits per heavy atom. The first-order valence-corrected chi connectivity index (χ1v) is 11.1. The number of para-hydroxylation sites is 1. The van der Waals surface area contributed by atoms with E-state index in [1.807, 2.05) is 36.5 Å². The molecule has 1 saturated heterocycles. The Morgan fingerprint density at radius 2 is 1.94 bits per heavy atom. The van der Waals surface area contributed by atoms with Gasteiger partial charge in [0.2, 0.25) is 5.91 Å². The number of anilines is 1. The zero-order chi connectivity index (χ0) is 21.6. The summed E-state index contributed by atoms with van der Waals surface area (Å²) in [6.45, 7) is 1.48. The highest BCUT2D eigenvalue weighted by Gasteiger charge is 2.21. The van der Waals surface area contributed by atoms with Gasteiger partial charge in [0, 0.05) is 6.61 Å². The lowest BCUT2D eigenvalue weighted by molar-refractivity contribution is -0.113. The number of carbonyl (C=O) groups is 2. The van der Waals surface area contributed by atoms with Crippen LogP contribution in [0.5, 0.6) is 0 Å². The molecule has 0 spiro atoms. The van der Waals surface area contributed by atoms with E-state index >= 15 is 0 Å². The van der Waals surface area contributed by atoms with Crippen LogP contribution in [0.1, 0.15) is 23.2 Å². The lowest BCUT2D eigenvalue weighted by atomic mass is 10.1. The molecule has 7 nitrogen and oxygen atoms in total. The summed E-state index contributed by atoms with van der Waals surface area (Å²) in [5.74, 6) is -0.654. The van der Waals surface area contributed by atoms with E-state index in [4.69, 9.17) is 10.5 Å². The van der Waals surface area contributed by atoms with E-state index in [1.54, 1.807) is 24.3 Å². The van der Waals surface area contributed by atoms with Crippen molar-refractivity contribution in [2.75, 3.05) is 17.7 Å². The minimum absolute atomic E-state index is 0.146. The van der Waals surface area contributed by atoms with Crippen LogP contribution in [0.3, 0.4) is 0 Å². The van der Waals surface area contributed by atoms with Gasteiger partial charge < -0.3 is 20.4 Å². The number of carbonyl (C=O) groups excluding carboxylic acids is 2. The first-order valence-electron chi connectivity index (χ1n) is 10.2. The SMILES string of the molecule is NC(=O)c1ccccc1NC(=O)CSc1ncc(-c2ccccc2)n1CC1CCCO1. The number of imidazole rings is 1. The van der Waals surface area contributed by atoms with Crippen molar-refractivity contribution in [3.05, 3.63) is 66.4 Å². The molecular formula is C23H24N4O3S. The number of aromatic nitrogens is 2. The third kappa shape index (κ3) is 5.15. The predicted octanol–water partition coefficient (Wildman–Crippen LogP) is 3.56. The number of nitrogens with two attached hydrogens (primary N) is 1. The van der Waals surface area contributed by atoms with Gasteiger partial charge in [0.05, 0.1) is 41.5 Å². The number of benzene rings is 2. The van der Waals surface area contributed by atoms with Crippen LogP contribution in [0.2, 0.25) is 0 Å². The summed E-state index contributed by atoms with van der Waals surface area (Å²) < 4.78 is 7.96. The standard InChI is InChI=1S/C23H24N4O3S/c24-22(29)18-10-4-5-11-19(18)26-21(28)15-31-23-25-13-20(16-7-2-1-3-8-16)27(23)14-17-9-6-12-30-17/h1-5,7-8,10-11,13,17H,6,9,12,14-15H2,(H2,24,29)(H,26,28). The van der Waals surface area contributed by atoms with Crippen molar-refractivity contribution in [2.24, 2.45) is 5.73 Å². The van der Waals surface area contributed by atoms with Crippen molar-refractivity contribution < 1.29 is 14.3 Å². The van der Waals surface area contributed by atoms with E-state index in [-0.39, 0.29) is 23.3 Å². The second kappa shape index (κ2) is 9.80. The summed E-state index contributed by atoms with van der Waals surface area (Å²) in [5.41, 5.74) is 8.15. The van der Waals surface area contributed by atoms with Crippen LogP contribution in [0.25, 0.3) is 11.3 Å². The van der Waals surface area contributed by atoms with Crippen LogP contribution >= 0.6 is 11.8 Å². The van der Waals surface area contributed by atoms with Gasteiger partial charge in [-0.05, 0) is 30.5 Å². The maximum absolute atomic E-state index is 12.5. The number of hydrogen-bond acceptors (Lipinski definition) is 5. The van der Waals surface area contributed by atoms with Crippen LogP contribution in [0, 0.1) is 0 Å². The third-order valence-electron chi connectivity index (χ3n) is 5.10. The van der Waals surface area contributed by atoms with E-state index in [9.17, 15) is 9.59 Å². The molecule has 0 saturated carbocycles. The number of ether oxygens (including phenoxy) is 1. The molecule has 1 aliphatic heterocycles. The molecule has 0 radical (unpaired) electrons. The second-order valence-corrected chi connectivity index (χ2v) is 8.23. The highest BCUT2D eigenvalue weighted by molar-refractivity contribution is 7.99. The van der Waals surface area contributed by atoms with Gasteiger partial charge in [0.25, 0.3) is 5.91 Å². The molecule has 160 valence electrons. The van der Waals surface area contributed by atoms with Crippen LogP contribution < -0.4 is 11.1 Å². The molecule has 8 heteroatoms. The van der Waals surface area contributed by atoms with Crippen molar-refractivity contribution in [3.63, 3.8) is 0 Å². The van der Waals surface area contributed by atoms with Gasteiger partial charge in [0.1, 0.15) is 0 Å². The van der Waals surface area contributed by atoms with Crippen LogP contribution in [-0.4, -0.2) is 39.8 Å². The van der Waals surface area contributed by atoms with Gasteiger partial charge >= 0.3 is 0 Å². The van der Waals surface area contributed by atoms with Gasteiger partial charge in [-0.1, -0.05) is 54.2 Å². The first-order chi connectivity index (χ1) is 15.1. The summed E-state index contributed by atoms with van der Waals surface area (Å²) in [4.78, 5) is 28.7. The molecule has 4 rings (SSSR count). The largest absolute Gasteiger partial charge is 0.376 e. The van der Waals surface area contributed by atoms with Gasteiger partial charge in [-0.2, -0.15) is 0 Å². The Morgan fingerprint density at radius 1 is 1.16 bits per heavy atom. The molecule has 1 fully saturated rings. The highest BCUT2D eigenvalue weighted by Crippen LogP contribution is 2.28. The number of nitrogens with zero attached hydrogens (tertiary/aromatic N) is 2. The van der Waals surface area contributed by atoms with Gasteiger partial charge in [-0.3, -0.25) is 9.59 Å². The Balaban J connectivity index is 1.49. The summed E-state index contributed by atoms with van der Waals surface area (Å²) in [5, 5.41) is 3.53. The third-order valence-corrected chi connectivity index (χ3v) is 6.09.